The molecule has 0 amide bonds. The number of hydrogen-bond donors (Lipinski definition) is 0. The van der Waals surface area contributed by atoms with Crippen LogP contribution in [0.15, 0.2) is 18.2 Å². The summed E-state index contributed by atoms with van der Waals surface area (Å²) < 4.78 is 5.21. The zero-order valence-corrected chi connectivity index (χ0v) is 13.6. The van der Waals surface area contributed by atoms with Crippen molar-refractivity contribution < 1.29 is 4.74 Å². The molecule has 0 fully saturated rings. The van der Waals surface area contributed by atoms with Crippen LogP contribution in [0, 0.1) is 0 Å². The number of anilines is 1. The van der Waals surface area contributed by atoms with E-state index in [9.17, 15) is 0 Å². The molecule has 1 rings (SSSR count). The van der Waals surface area contributed by atoms with Crippen molar-refractivity contribution in [3.8, 4) is 0 Å². The van der Waals surface area contributed by atoms with E-state index in [0.29, 0.717) is 6.04 Å². The molecule has 1 atom stereocenters. The Labute approximate surface area is 123 Å². The number of halogens is 2. The molecule has 0 spiro atoms. The van der Waals surface area contributed by atoms with Crippen LogP contribution in [0.1, 0.15) is 25.8 Å². The van der Waals surface area contributed by atoms with Gasteiger partial charge >= 0.3 is 0 Å². The number of methoxy groups -OCH3 is 1. The lowest BCUT2D eigenvalue weighted by Gasteiger charge is -2.32. The minimum absolute atomic E-state index is 0.485. The predicted molar refractivity (Wildman–Crippen MR) is 83.1 cm³/mol. The van der Waals surface area contributed by atoms with Gasteiger partial charge in [-0.3, -0.25) is 0 Å². The summed E-state index contributed by atoms with van der Waals surface area (Å²) in [5.74, 6) is 0. The smallest absolute Gasteiger partial charge is 0.0637 e. The van der Waals surface area contributed by atoms with Gasteiger partial charge in [-0.25, -0.2) is 0 Å². The molecule has 1 aromatic carbocycles. The molecule has 0 heterocycles. The van der Waals surface area contributed by atoms with E-state index in [4.69, 9.17) is 16.3 Å². The molecule has 0 N–H and O–H groups in total. The van der Waals surface area contributed by atoms with Crippen LogP contribution in [0.3, 0.4) is 0 Å². The molecule has 0 bridgehead atoms. The standard InChI is InChI=1S/C14H21BrClNO/c1-4-11(2)17(7-8-18-3)14-6-5-13(16)9-12(14)10-15/h5-6,9,11H,4,7-8,10H2,1-3H3. The van der Waals surface area contributed by atoms with Gasteiger partial charge < -0.3 is 9.64 Å². The Morgan fingerprint density at radius 2 is 2.17 bits per heavy atom. The number of ether oxygens (including phenoxy) is 1. The quantitative estimate of drug-likeness (QED) is 0.681. The zero-order chi connectivity index (χ0) is 13.5. The van der Waals surface area contributed by atoms with Crippen molar-refractivity contribution in [2.75, 3.05) is 25.2 Å². The molecule has 102 valence electrons. The Kier molecular flexibility index (Phi) is 7.05. The van der Waals surface area contributed by atoms with E-state index in [2.05, 4.69) is 40.7 Å². The first-order valence-corrected chi connectivity index (χ1v) is 7.73. The topological polar surface area (TPSA) is 12.5 Å². The van der Waals surface area contributed by atoms with Crippen LogP contribution in [0.2, 0.25) is 5.02 Å². The summed E-state index contributed by atoms with van der Waals surface area (Å²) >= 11 is 9.59. The molecule has 2 nitrogen and oxygen atoms in total. The highest BCUT2D eigenvalue weighted by atomic mass is 79.9. The average molecular weight is 335 g/mol. The fourth-order valence-corrected chi connectivity index (χ4v) is 2.57. The molecular formula is C14H21BrClNO. The third-order valence-electron chi connectivity index (χ3n) is 3.15. The van der Waals surface area contributed by atoms with E-state index in [1.807, 2.05) is 12.1 Å². The normalized spacial score (nSPS) is 12.5. The Bertz CT molecular complexity index is 373. The molecule has 18 heavy (non-hydrogen) atoms. The SMILES string of the molecule is CCC(C)N(CCOC)c1ccc(Cl)cc1CBr. The molecule has 0 aliphatic rings. The summed E-state index contributed by atoms with van der Waals surface area (Å²) in [5, 5.41) is 1.59. The summed E-state index contributed by atoms with van der Waals surface area (Å²) in [6.07, 6.45) is 1.11. The van der Waals surface area contributed by atoms with Gasteiger partial charge in [0.1, 0.15) is 0 Å². The maximum Gasteiger partial charge on any atom is 0.0637 e. The lowest BCUT2D eigenvalue weighted by Crippen LogP contribution is -2.36. The summed E-state index contributed by atoms with van der Waals surface area (Å²) in [6.45, 7) is 6.07. The van der Waals surface area contributed by atoms with Crippen LogP contribution in [-0.2, 0) is 10.1 Å². The average Bonchev–Trinajstić information content (AvgIpc) is 2.39. The van der Waals surface area contributed by atoms with Crippen molar-refractivity contribution in [2.24, 2.45) is 0 Å². The van der Waals surface area contributed by atoms with Crippen LogP contribution in [-0.4, -0.2) is 26.3 Å². The van der Waals surface area contributed by atoms with E-state index in [1.165, 1.54) is 11.3 Å². The van der Waals surface area contributed by atoms with Crippen molar-refractivity contribution in [3.05, 3.63) is 28.8 Å². The monoisotopic (exact) mass is 333 g/mol. The number of alkyl halides is 1. The van der Waals surface area contributed by atoms with Crippen molar-refractivity contribution >= 4 is 33.2 Å². The van der Waals surface area contributed by atoms with E-state index >= 15 is 0 Å². The second-order valence-electron chi connectivity index (χ2n) is 4.35. The predicted octanol–water partition coefficient (Wildman–Crippen LogP) is 4.49. The number of benzene rings is 1. The molecular weight excluding hydrogens is 314 g/mol. The van der Waals surface area contributed by atoms with Crippen LogP contribution >= 0.6 is 27.5 Å². The van der Waals surface area contributed by atoms with E-state index in [1.54, 1.807) is 7.11 Å². The van der Waals surface area contributed by atoms with Crippen molar-refractivity contribution in [2.45, 2.75) is 31.6 Å². The molecule has 0 saturated carbocycles. The number of hydrogen-bond acceptors (Lipinski definition) is 2. The van der Waals surface area contributed by atoms with Crippen LogP contribution in [0.5, 0.6) is 0 Å². The molecule has 0 aromatic heterocycles. The number of nitrogens with zero attached hydrogens (tertiary/aromatic N) is 1. The first-order valence-electron chi connectivity index (χ1n) is 6.24. The highest BCUT2D eigenvalue weighted by molar-refractivity contribution is 9.08. The lowest BCUT2D eigenvalue weighted by molar-refractivity contribution is 0.203. The lowest BCUT2D eigenvalue weighted by atomic mass is 10.1. The fraction of sp³-hybridized carbons (Fsp3) is 0.571. The van der Waals surface area contributed by atoms with Gasteiger partial charge in [0.15, 0.2) is 0 Å². The minimum Gasteiger partial charge on any atom is -0.383 e. The third-order valence-corrected chi connectivity index (χ3v) is 3.99. The summed E-state index contributed by atoms with van der Waals surface area (Å²) in [4.78, 5) is 2.39. The fourth-order valence-electron chi connectivity index (χ4n) is 1.93. The van der Waals surface area contributed by atoms with Gasteiger partial charge in [-0.1, -0.05) is 34.5 Å². The van der Waals surface area contributed by atoms with E-state index in [-0.39, 0.29) is 0 Å². The first kappa shape index (κ1) is 15.8. The Balaban J connectivity index is 3.03. The van der Waals surface area contributed by atoms with Crippen molar-refractivity contribution in [1.29, 1.82) is 0 Å². The van der Waals surface area contributed by atoms with Crippen LogP contribution in [0.25, 0.3) is 0 Å². The Morgan fingerprint density at radius 1 is 1.44 bits per heavy atom. The van der Waals surface area contributed by atoms with Crippen molar-refractivity contribution in [1.82, 2.24) is 0 Å². The molecule has 0 radical (unpaired) electrons. The maximum atomic E-state index is 6.05. The highest BCUT2D eigenvalue weighted by Crippen LogP contribution is 2.28. The van der Waals surface area contributed by atoms with Gasteiger partial charge in [-0.05, 0) is 37.1 Å². The van der Waals surface area contributed by atoms with Gasteiger partial charge in [-0.2, -0.15) is 0 Å². The minimum atomic E-state index is 0.485. The van der Waals surface area contributed by atoms with Crippen LogP contribution in [0.4, 0.5) is 5.69 Å². The molecule has 0 saturated heterocycles. The molecule has 1 unspecified atom stereocenters. The van der Waals surface area contributed by atoms with Crippen molar-refractivity contribution in [3.63, 3.8) is 0 Å². The van der Waals surface area contributed by atoms with E-state index < -0.39 is 0 Å². The van der Waals surface area contributed by atoms with E-state index in [0.717, 1.165) is 29.9 Å². The van der Waals surface area contributed by atoms with Gasteiger partial charge in [0.2, 0.25) is 0 Å². The Hall–Kier alpha value is -0.250. The second-order valence-corrected chi connectivity index (χ2v) is 5.35. The summed E-state index contributed by atoms with van der Waals surface area (Å²) in [6, 6.07) is 6.55. The first-order chi connectivity index (χ1) is 8.63. The largest absolute Gasteiger partial charge is 0.383 e. The highest BCUT2D eigenvalue weighted by Gasteiger charge is 2.16. The maximum absolute atomic E-state index is 6.05. The molecule has 1 aromatic rings. The molecule has 0 aliphatic carbocycles. The molecule has 0 aliphatic heterocycles. The summed E-state index contributed by atoms with van der Waals surface area (Å²) in [7, 11) is 1.74. The zero-order valence-electron chi connectivity index (χ0n) is 11.2. The second kappa shape index (κ2) is 8.03. The Morgan fingerprint density at radius 3 is 2.72 bits per heavy atom. The van der Waals surface area contributed by atoms with Gasteiger partial charge in [-0.15, -0.1) is 0 Å². The van der Waals surface area contributed by atoms with Gasteiger partial charge in [0, 0.05) is 35.7 Å². The summed E-state index contributed by atoms with van der Waals surface area (Å²) in [5.41, 5.74) is 2.46. The van der Waals surface area contributed by atoms with Crippen LogP contribution < -0.4 is 4.90 Å². The van der Waals surface area contributed by atoms with Gasteiger partial charge in [0.05, 0.1) is 6.61 Å². The third kappa shape index (κ3) is 4.15. The number of rotatable bonds is 7. The van der Waals surface area contributed by atoms with Gasteiger partial charge in [0.25, 0.3) is 0 Å². The molecule has 4 heteroatoms.